The molecule has 0 bridgehead atoms. The number of hydrogen-bond acceptors (Lipinski definition) is 3. The Labute approximate surface area is 159 Å². The molecule has 25 heavy (non-hydrogen) atoms. The highest BCUT2D eigenvalue weighted by atomic mass is 32.2. The molecular formula is C21H26N2S2. The van der Waals surface area contributed by atoms with Gasteiger partial charge in [-0.15, -0.1) is 23.5 Å². The number of imidazole rings is 1. The van der Waals surface area contributed by atoms with E-state index in [2.05, 4.69) is 89.8 Å². The lowest BCUT2D eigenvalue weighted by atomic mass is 10.0. The van der Waals surface area contributed by atoms with Gasteiger partial charge in [0, 0.05) is 18.8 Å². The summed E-state index contributed by atoms with van der Waals surface area (Å²) in [6, 6.07) is 15.6. The third kappa shape index (κ3) is 4.42. The second-order valence-corrected chi connectivity index (χ2v) is 9.27. The van der Waals surface area contributed by atoms with Crippen molar-refractivity contribution in [3.63, 3.8) is 0 Å². The summed E-state index contributed by atoms with van der Waals surface area (Å²) < 4.78 is 0.00784. The third-order valence-corrected chi connectivity index (χ3v) is 7.85. The number of fused-ring (bicyclic) bond motifs is 1. The molecule has 0 radical (unpaired) electrons. The number of nitrogens with one attached hydrogen (secondary N) is 1. The first-order valence-corrected chi connectivity index (χ1v) is 11.0. The van der Waals surface area contributed by atoms with E-state index in [0.29, 0.717) is 0 Å². The van der Waals surface area contributed by atoms with Gasteiger partial charge >= 0.3 is 0 Å². The van der Waals surface area contributed by atoms with E-state index in [9.17, 15) is 0 Å². The number of rotatable bonds is 9. The van der Waals surface area contributed by atoms with Crippen LogP contribution in [-0.2, 0) is 10.5 Å². The van der Waals surface area contributed by atoms with Crippen LogP contribution >= 0.6 is 23.5 Å². The van der Waals surface area contributed by atoms with Gasteiger partial charge in [0.25, 0.3) is 0 Å². The van der Waals surface area contributed by atoms with Gasteiger partial charge in [-0.1, -0.05) is 50.2 Å². The maximum absolute atomic E-state index is 4.52. The molecule has 0 aliphatic heterocycles. The van der Waals surface area contributed by atoms with Crippen LogP contribution in [-0.4, -0.2) is 21.5 Å². The molecule has 0 amide bonds. The maximum Gasteiger partial charge on any atom is 0.108 e. The summed E-state index contributed by atoms with van der Waals surface area (Å²) in [5.41, 5.74) is 1.40. The molecule has 2 nitrogen and oxygen atoms in total. The van der Waals surface area contributed by atoms with E-state index < -0.39 is 0 Å². The second-order valence-electron chi connectivity index (χ2n) is 6.22. The molecule has 3 aromatic rings. The number of hydrogen-bond donors (Lipinski definition) is 1. The standard InChI is InChI=1S/C21H26N2S2/c1-3-13-24-21(25-14-4-2,16-20-22-11-12-23-20)19-10-9-17-7-5-6-8-18(17)15-19/h5-12,15H,3-4,13-14,16H2,1-2H3,(H,22,23). The molecule has 1 N–H and O–H groups in total. The van der Waals surface area contributed by atoms with Crippen molar-refractivity contribution in [2.45, 2.75) is 37.2 Å². The molecule has 0 spiro atoms. The summed E-state index contributed by atoms with van der Waals surface area (Å²) in [6.45, 7) is 4.52. The first kappa shape index (κ1) is 18.4. The molecule has 3 rings (SSSR count). The van der Waals surface area contributed by atoms with Crippen LogP contribution in [0.4, 0.5) is 0 Å². The smallest absolute Gasteiger partial charge is 0.108 e. The predicted molar refractivity (Wildman–Crippen MR) is 113 cm³/mol. The predicted octanol–water partition coefficient (Wildman–Crippen LogP) is 6.24. The fourth-order valence-corrected chi connectivity index (χ4v) is 5.95. The first-order chi connectivity index (χ1) is 12.3. The highest BCUT2D eigenvalue weighted by Gasteiger charge is 2.34. The number of aromatic nitrogens is 2. The summed E-state index contributed by atoms with van der Waals surface area (Å²) in [5, 5.41) is 2.62. The van der Waals surface area contributed by atoms with E-state index in [1.165, 1.54) is 29.2 Å². The van der Waals surface area contributed by atoms with Gasteiger partial charge < -0.3 is 4.98 Å². The minimum absolute atomic E-state index is 0.00784. The molecule has 0 fully saturated rings. The van der Waals surface area contributed by atoms with Gasteiger partial charge in [0.05, 0.1) is 4.08 Å². The molecule has 0 saturated heterocycles. The van der Waals surface area contributed by atoms with Crippen LogP contribution in [0.3, 0.4) is 0 Å². The fraction of sp³-hybridized carbons (Fsp3) is 0.381. The molecule has 1 aromatic heterocycles. The maximum atomic E-state index is 4.52. The van der Waals surface area contributed by atoms with E-state index in [1.54, 1.807) is 0 Å². The Balaban J connectivity index is 2.04. The molecule has 0 unspecified atom stereocenters. The van der Waals surface area contributed by atoms with Crippen LogP contribution in [0.1, 0.15) is 38.1 Å². The van der Waals surface area contributed by atoms with Gasteiger partial charge in [-0.05, 0) is 46.7 Å². The van der Waals surface area contributed by atoms with Gasteiger partial charge in [0.2, 0.25) is 0 Å². The van der Waals surface area contributed by atoms with E-state index in [0.717, 1.165) is 23.8 Å². The van der Waals surface area contributed by atoms with Gasteiger partial charge in [0.1, 0.15) is 5.82 Å². The number of benzene rings is 2. The summed E-state index contributed by atoms with van der Waals surface area (Å²) in [6.07, 6.45) is 7.08. The summed E-state index contributed by atoms with van der Waals surface area (Å²) in [5.74, 6) is 3.38. The lowest BCUT2D eigenvalue weighted by Gasteiger charge is -2.33. The second kappa shape index (κ2) is 8.81. The van der Waals surface area contributed by atoms with Crippen LogP contribution in [0.25, 0.3) is 10.8 Å². The number of H-pyrrole nitrogens is 1. The Hall–Kier alpha value is -1.39. The fourth-order valence-electron chi connectivity index (χ4n) is 2.99. The van der Waals surface area contributed by atoms with Crippen LogP contribution in [0.5, 0.6) is 0 Å². The molecule has 132 valence electrons. The largest absolute Gasteiger partial charge is 0.349 e. The van der Waals surface area contributed by atoms with Gasteiger partial charge in [-0.3, -0.25) is 0 Å². The minimum atomic E-state index is 0.00784. The van der Waals surface area contributed by atoms with Crippen molar-refractivity contribution in [2.24, 2.45) is 0 Å². The normalized spacial score (nSPS) is 11.9. The summed E-state index contributed by atoms with van der Waals surface area (Å²) in [4.78, 5) is 7.84. The molecule has 2 aromatic carbocycles. The summed E-state index contributed by atoms with van der Waals surface area (Å²) >= 11 is 4.14. The molecule has 0 saturated carbocycles. The molecular weight excluding hydrogens is 344 g/mol. The van der Waals surface area contributed by atoms with Crippen molar-refractivity contribution in [1.29, 1.82) is 0 Å². The monoisotopic (exact) mass is 370 g/mol. The van der Waals surface area contributed by atoms with Crippen molar-refractivity contribution in [1.82, 2.24) is 9.97 Å². The van der Waals surface area contributed by atoms with Crippen molar-refractivity contribution < 1.29 is 0 Å². The molecule has 1 heterocycles. The highest BCUT2D eigenvalue weighted by Crippen LogP contribution is 2.49. The van der Waals surface area contributed by atoms with Crippen LogP contribution in [0.15, 0.2) is 54.9 Å². The zero-order chi connectivity index (χ0) is 17.5. The van der Waals surface area contributed by atoms with E-state index in [-0.39, 0.29) is 4.08 Å². The highest BCUT2D eigenvalue weighted by molar-refractivity contribution is 8.17. The Kier molecular flexibility index (Phi) is 6.49. The summed E-state index contributed by atoms with van der Waals surface area (Å²) in [7, 11) is 0. The Morgan fingerprint density at radius 2 is 1.68 bits per heavy atom. The number of nitrogens with zero attached hydrogens (tertiary/aromatic N) is 1. The van der Waals surface area contributed by atoms with Crippen molar-refractivity contribution >= 4 is 34.3 Å². The van der Waals surface area contributed by atoms with Crippen molar-refractivity contribution in [3.05, 3.63) is 66.2 Å². The zero-order valence-electron chi connectivity index (χ0n) is 15.0. The third-order valence-electron chi connectivity index (χ3n) is 4.22. The molecule has 4 heteroatoms. The lowest BCUT2D eigenvalue weighted by molar-refractivity contribution is 0.809. The number of aromatic amines is 1. The topological polar surface area (TPSA) is 28.7 Å². The van der Waals surface area contributed by atoms with Gasteiger partial charge in [-0.25, -0.2) is 4.98 Å². The first-order valence-electron chi connectivity index (χ1n) is 9.03. The average Bonchev–Trinajstić information content (AvgIpc) is 3.16. The average molecular weight is 371 g/mol. The zero-order valence-corrected chi connectivity index (χ0v) is 16.6. The van der Waals surface area contributed by atoms with Gasteiger partial charge in [-0.2, -0.15) is 0 Å². The van der Waals surface area contributed by atoms with Crippen LogP contribution in [0, 0.1) is 0 Å². The Morgan fingerprint density at radius 3 is 2.32 bits per heavy atom. The molecule has 0 atom stereocenters. The van der Waals surface area contributed by atoms with E-state index in [4.69, 9.17) is 0 Å². The van der Waals surface area contributed by atoms with Crippen molar-refractivity contribution in [3.8, 4) is 0 Å². The number of thioether (sulfide) groups is 2. The Morgan fingerprint density at radius 1 is 0.960 bits per heavy atom. The van der Waals surface area contributed by atoms with Crippen molar-refractivity contribution in [2.75, 3.05) is 11.5 Å². The van der Waals surface area contributed by atoms with E-state index >= 15 is 0 Å². The van der Waals surface area contributed by atoms with Crippen LogP contribution < -0.4 is 0 Å². The molecule has 0 aliphatic rings. The van der Waals surface area contributed by atoms with E-state index in [1.807, 2.05) is 12.4 Å². The lowest BCUT2D eigenvalue weighted by Crippen LogP contribution is -2.23. The minimum Gasteiger partial charge on any atom is -0.349 e. The van der Waals surface area contributed by atoms with Crippen LogP contribution in [0.2, 0.25) is 0 Å². The Bertz CT molecular complexity index is 775. The molecule has 0 aliphatic carbocycles. The quantitative estimate of drug-likeness (QED) is 0.452. The van der Waals surface area contributed by atoms with Gasteiger partial charge in [0.15, 0.2) is 0 Å². The SMILES string of the molecule is CCCSC(Cc1ncc[nH]1)(SCCC)c1ccc2ccccc2c1.